The Balaban J connectivity index is 1.66. The molecule has 5 rings (SSSR count). The molecule has 3 aliphatic carbocycles. The molecule has 0 heterocycles. The molecular weight excluding hydrogens is 476 g/mol. The van der Waals surface area contributed by atoms with Crippen LogP contribution in [0.1, 0.15) is 34.3 Å². The van der Waals surface area contributed by atoms with E-state index in [1.165, 1.54) is 0 Å². The van der Waals surface area contributed by atoms with Crippen LogP contribution in [0.15, 0.2) is 30.3 Å². The third-order valence-corrected chi connectivity index (χ3v) is 8.19. The number of carbonyl (C=O) groups is 5. The third kappa shape index (κ3) is 3.44. The van der Waals surface area contributed by atoms with Crippen molar-refractivity contribution in [2.45, 2.75) is 31.8 Å². The zero-order chi connectivity index (χ0) is 27.0. The van der Waals surface area contributed by atoms with Crippen molar-refractivity contribution in [1.29, 1.82) is 0 Å². The molecule has 37 heavy (non-hydrogen) atoms. The lowest BCUT2D eigenvalue weighted by Gasteiger charge is -2.48. The first-order chi connectivity index (χ1) is 17.4. The van der Waals surface area contributed by atoms with Crippen LogP contribution in [0.4, 0.5) is 5.69 Å². The maximum atomic E-state index is 13.9. The Kier molecular flexibility index (Phi) is 5.60. The lowest BCUT2D eigenvalue weighted by molar-refractivity contribution is -0.175. The van der Waals surface area contributed by atoms with Crippen molar-refractivity contribution in [2.24, 2.45) is 29.4 Å². The largest absolute Gasteiger partial charge is 0.507 e. The Morgan fingerprint density at radius 1 is 1.08 bits per heavy atom. The number of hydrogen-bond acceptors (Lipinski definition) is 8. The third-order valence-electron chi connectivity index (χ3n) is 8.19. The zero-order valence-electron chi connectivity index (χ0n) is 20.8. The van der Waals surface area contributed by atoms with E-state index >= 15 is 0 Å². The van der Waals surface area contributed by atoms with E-state index in [0.717, 1.165) is 5.56 Å². The van der Waals surface area contributed by atoms with Crippen LogP contribution in [0, 0.1) is 30.6 Å². The number of primary amides is 1. The minimum atomic E-state index is -2.66. The van der Waals surface area contributed by atoms with Crippen LogP contribution in [-0.4, -0.2) is 58.9 Å². The molecule has 0 aromatic heterocycles. The minimum absolute atomic E-state index is 0.00913. The number of amides is 1. The van der Waals surface area contributed by atoms with Gasteiger partial charge in [-0.25, -0.2) is 0 Å². The molecule has 5 atom stereocenters. The second kappa shape index (κ2) is 8.34. The number of fused-ring (bicyclic) bond motifs is 3. The highest BCUT2D eigenvalue weighted by molar-refractivity contribution is 6.31. The highest BCUT2D eigenvalue weighted by atomic mass is 16.3. The molecule has 2 fully saturated rings. The normalized spacial score (nSPS) is 28.9. The Hall–Kier alpha value is -3.85. The first-order valence-electron chi connectivity index (χ1n) is 12.2. The molecule has 2 unspecified atom stereocenters. The van der Waals surface area contributed by atoms with Crippen LogP contribution in [0.5, 0.6) is 5.75 Å². The number of phenols is 1. The average Bonchev–Trinajstić information content (AvgIpc) is 2.81. The number of aliphatic hydroxyl groups is 1. The van der Waals surface area contributed by atoms with Crippen LogP contribution in [0.25, 0.3) is 11.1 Å². The summed E-state index contributed by atoms with van der Waals surface area (Å²) in [5.74, 6) is -10.1. The molecule has 2 aromatic rings. The van der Waals surface area contributed by atoms with Crippen LogP contribution < -0.4 is 10.6 Å². The zero-order valence-corrected chi connectivity index (χ0v) is 20.8. The smallest absolute Gasteiger partial charge is 0.235 e. The molecule has 4 N–H and O–H groups in total. The number of nitrogens with two attached hydrogens (primary N) is 1. The number of nitrogens with zero attached hydrogens (tertiary/aromatic N) is 1. The maximum absolute atomic E-state index is 13.9. The number of hydrogen-bond donors (Lipinski definition) is 3. The van der Waals surface area contributed by atoms with Crippen LogP contribution in [-0.2, 0) is 25.6 Å². The number of anilines is 1. The number of phenolic OH excluding ortho intramolecular Hbond substituents is 1. The standard InChI is InChI=1S/C28H28N2O7/c1-12-5-4-6-13(7-12)16-11-18(30(2)3)17-9-14-8-15-10-19(31)22(27(29)36)26(35)28(15,37)25(34)20(14)24(33)21(17)23(16)32/h4-7,11,14-15,20,22,32,37H,8-10H2,1-3H3,(H2,29,36)/t14-,15+,20?,22?,28+/m1/s1. The van der Waals surface area contributed by atoms with Crippen molar-refractivity contribution in [3.8, 4) is 16.9 Å². The molecular formula is C28H28N2O7. The van der Waals surface area contributed by atoms with Gasteiger partial charge in [-0.05, 0) is 42.9 Å². The van der Waals surface area contributed by atoms with E-state index in [1.54, 1.807) is 0 Å². The van der Waals surface area contributed by atoms with Gasteiger partial charge in [0.25, 0.3) is 0 Å². The Labute approximate surface area is 213 Å². The molecule has 3 aliphatic rings. The van der Waals surface area contributed by atoms with Crippen molar-refractivity contribution in [3.05, 3.63) is 47.0 Å². The number of aromatic hydroxyl groups is 1. The monoisotopic (exact) mass is 504 g/mol. The predicted molar refractivity (Wildman–Crippen MR) is 133 cm³/mol. The number of Topliss-reactive ketones (excluding diaryl/α,β-unsaturated/α-hetero) is 4. The summed E-state index contributed by atoms with van der Waals surface area (Å²) in [4.78, 5) is 66.9. The lowest BCUT2D eigenvalue weighted by atomic mass is 9.53. The van der Waals surface area contributed by atoms with Gasteiger partial charge in [-0.15, -0.1) is 0 Å². The van der Waals surface area contributed by atoms with E-state index in [1.807, 2.05) is 56.3 Å². The highest BCUT2D eigenvalue weighted by Crippen LogP contribution is 2.52. The maximum Gasteiger partial charge on any atom is 0.235 e. The fraction of sp³-hybridized carbons (Fsp3) is 0.393. The van der Waals surface area contributed by atoms with Crippen molar-refractivity contribution in [1.82, 2.24) is 0 Å². The summed E-state index contributed by atoms with van der Waals surface area (Å²) in [6, 6.07) is 9.23. The van der Waals surface area contributed by atoms with Crippen LogP contribution in [0.3, 0.4) is 0 Å². The van der Waals surface area contributed by atoms with Crippen molar-refractivity contribution < 1.29 is 34.2 Å². The fourth-order valence-electron chi connectivity index (χ4n) is 6.45. The minimum Gasteiger partial charge on any atom is -0.507 e. The van der Waals surface area contributed by atoms with Gasteiger partial charge in [-0.3, -0.25) is 24.0 Å². The fourth-order valence-corrected chi connectivity index (χ4v) is 6.45. The Bertz CT molecular complexity index is 1410. The first kappa shape index (κ1) is 24.8. The van der Waals surface area contributed by atoms with E-state index in [-0.39, 0.29) is 30.6 Å². The van der Waals surface area contributed by atoms with Gasteiger partial charge in [0.1, 0.15) is 5.75 Å². The number of ketones is 4. The summed E-state index contributed by atoms with van der Waals surface area (Å²) >= 11 is 0. The SMILES string of the molecule is Cc1cccc(-c2cc(N(C)C)c3c(c2O)C(=O)C2C(=O)[C@]4(O)C(=O)C(C(N)=O)C(=O)C[C@@H]4C[C@@H]2C3)c1. The quantitative estimate of drug-likeness (QED) is 0.530. The summed E-state index contributed by atoms with van der Waals surface area (Å²) in [6.45, 7) is 1.91. The summed E-state index contributed by atoms with van der Waals surface area (Å²) in [6.07, 6.45) is -0.0564. The number of benzene rings is 2. The number of rotatable bonds is 3. The van der Waals surface area contributed by atoms with Crippen molar-refractivity contribution in [2.75, 3.05) is 19.0 Å². The summed E-state index contributed by atoms with van der Waals surface area (Å²) in [5.41, 5.74) is 5.92. The van der Waals surface area contributed by atoms with Crippen molar-refractivity contribution in [3.63, 3.8) is 0 Å². The van der Waals surface area contributed by atoms with Crippen LogP contribution in [0.2, 0.25) is 0 Å². The molecule has 2 saturated carbocycles. The first-order valence-corrected chi connectivity index (χ1v) is 12.2. The lowest BCUT2D eigenvalue weighted by Crippen LogP contribution is -2.68. The summed E-state index contributed by atoms with van der Waals surface area (Å²) in [5, 5.41) is 22.7. The van der Waals surface area contributed by atoms with Crippen molar-refractivity contribution >= 4 is 34.7 Å². The predicted octanol–water partition coefficient (Wildman–Crippen LogP) is 1.37. The van der Waals surface area contributed by atoms with Gasteiger partial charge >= 0.3 is 0 Å². The molecule has 9 heteroatoms. The van der Waals surface area contributed by atoms with Gasteiger partial charge in [0.2, 0.25) is 5.91 Å². The number of carbonyl (C=O) groups excluding carboxylic acids is 5. The van der Waals surface area contributed by atoms with E-state index < -0.39 is 58.3 Å². The molecule has 0 radical (unpaired) electrons. The molecule has 0 bridgehead atoms. The second-order valence-corrected chi connectivity index (χ2v) is 10.6. The molecule has 2 aromatic carbocycles. The number of aryl methyl sites for hydroxylation is 1. The topological polar surface area (TPSA) is 155 Å². The molecule has 0 saturated heterocycles. The average molecular weight is 505 g/mol. The highest BCUT2D eigenvalue weighted by Gasteiger charge is 2.66. The Morgan fingerprint density at radius 3 is 2.41 bits per heavy atom. The van der Waals surface area contributed by atoms with Gasteiger partial charge in [0, 0.05) is 37.7 Å². The van der Waals surface area contributed by atoms with E-state index in [0.29, 0.717) is 22.4 Å². The molecule has 0 spiro atoms. The molecule has 0 aliphatic heterocycles. The van der Waals surface area contributed by atoms with Crippen LogP contribution >= 0.6 is 0 Å². The van der Waals surface area contributed by atoms with E-state index in [4.69, 9.17) is 5.73 Å². The van der Waals surface area contributed by atoms with E-state index in [9.17, 15) is 34.2 Å². The van der Waals surface area contributed by atoms with Gasteiger partial charge in [-0.1, -0.05) is 29.8 Å². The summed E-state index contributed by atoms with van der Waals surface area (Å²) in [7, 11) is 3.63. The van der Waals surface area contributed by atoms with Gasteiger partial charge in [-0.2, -0.15) is 0 Å². The molecule has 192 valence electrons. The molecule has 1 amide bonds. The summed E-state index contributed by atoms with van der Waals surface area (Å²) < 4.78 is 0. The molecule has 9 nitrogen and oxygen atoms in total. The van der Waals surface area contributed by atoms with Gasteiger partial charge in [0.15, 0.2) is 34.7 Å². The van der Waals surface area contributed by atoms with Gasteiger partial charge < -0.3 is 20.8 Å². The Morgan fingerprint density at radius 2 is 1.78 bits per heavy atom. The second-order valence-electron chi connectivity index (χ2n) is 10.6. The van der Waals surface area contributed by atoms with Gasteiger partial charge in [0.05, 0.1) is 11.5 Å². The van der Waals surface area contributed by atoms with E-state index in [2.05, 4.69) is 0 Å².